The van der Waals surface area contributed by atoms with Gasteiger partial charge in [-0.05, 0) is 51.0 Å². The van der Waals surface area contributed by atoms with Crippen LogP contribution < -0.4 is 10.0 Å². The molecule has 0 atom stereocenters. The number of alkyl halides is 1. The van der Waals surface area contributed by atoms with E-state index in [1.807, 2.05) is 30.3 Å². The molecule has 9 nitrogen and oxygen atoms in total. The number of hydrogen-bond acceptors (Lipinski definition) is 6. The first kappa shape index (κ1) is 25.5. The van der Waals surface area contributed by atoms with Gasteiger partial charge < -0.3 is 10.1 Å². The van der Waals surface area contributed by atoms with Crippen LogP contribution in [0, 0.1) is 0 Å². The number of anilines is 2. The molecule has 1 aromatic heterocycles. The van der Waals surface area contributed by atoms with Crippen LogP contribution in [0.2, 0.25) is 0 Å². The topological polar surface area (TPSA) is 119 Å². The number of nitrogens with zero attached hydrogens (tertiary/aromatic N) is 2. The number of halogens is 1. The number of hydrogen-bond donors (Lipinski definition) is 2. The van der Waals surface area contributed by atoms with Crippen LogP contribution in [0.15, 0.2) is 48.5 Å². The Balaban J connectivity index is 1.96. The van der Waals surface area contributed by atoms with Crippen molar-refractivity contribution in [1.29, 1.82) is 0 Å². The molecular weight excluding hydrogens is 480 g/mol. The second-order valence-electron chi connectivity index (χ2n) is 8.65. The van der Waals surface area contributed by atoms with Gasteiger partial charge in [-0.3, -0.25) is 9.52 Å². The molecule has 0 aliphatic rings. The van der Waals surface area contributed by atoms with E-state index in [1.54, 1.807) is 26.8 Å². The van der Waals surface area contributed by atoms with Crippen LogP contribution in [0.1, 0.15) is 32.8 Å². The lowest BCUT2D eigenvalue weighted by molar-refractivity contribution is -0.115. The van der Waals surface area contributed by atoms with E-state index in [9.17, 15) is 18.0 Å². The van der Waals surface area contributed by atoms with Crippen molar-refractivity contribution in [3.8, 4) is 0 Å². The molecule has 3 aromatic rings. The van der Waals surface area contributed by atoms with E-state index in [-0.39, 0.29) is 35.5 Å². The van der Waals surface area contributed by atoms with Crippen molar-refractivity contribution in [1.82, 2.24) is 9.78 Å². The number of carbonyl (C=O) groups excluding carboxylic acids is 2. The van der Waals surface area contributed by atoms with Gasteiger partial charge >= 0.3 is 6.09 Å². The Bertz CT molecular complexity index is 1280. The van der Waals surface area contributed by atoms with Crippen molar-refractivity contribution in [3.63, 3.8) is 0 Å². The standard InChI is InChI=1S/C23H27ClN4O5S/c1-23(2,3)33-22(30)28-19-11-10-17(27-34(31,32)13-7-12-24)15-18(19)21(26-28)25-20(29)14-16-8-5-4-6-9-16/h4-6,8-11,15,27H,7,12-14H2,1-3H3,(H,25,26,29). The second-order valence-corrected chi connectivity index (χ2v) is 10.9. The zero-order valence-electron chi connectivity index (χ0n) is 19.2. The molecule has 3 rings (SSSR count). The number of carbonyl (C=O) groups is 2. The Labute approximate surface area is 203 Å². The summed E-state index contributed by atoms with van der Waals surface area (Å²) in [4.78, 5) is 25.4. The first-order chi connectivity index (χ1) is 16.0. The molecule has 0 unspecified atom stereocenters. The molecule has 0 radical (unpaired) electrons. The molecular formula is C23H27ClN4O5S. The van der Waals surface area contributed by atoms with Crippen molar-refractivity contribution in [2.45, 2.75) is 39.2 Å². The van der Waals surface area contributed by atoms with Crippen LogP contribution in [-0.4, -0.2) is 47.4 Å². The van der Waals surface area contributed by atoms with Crippen LogP contribution in [0.25, 0.3) is 10.9 Å². The summed E-state index contributed by atoms with van der Waals surface area (Å²) in [5.74, 6) is -0.134. The number of sulfonamides is 1. The van der Waals surface area contributed by atoms with Gasteiger partial charge in [-0.1, -0.05) is 30.3 Å². The third kappa shape index (κ3) is 6.94. The molecule has 11 heteroatoms. The molecule has 0 spiro atoms. The molecule has 1 heterocycles. The average Bonchev–Trinajstić information content (AvgIpc) is 3.09. The summed E-state index contributed by atoms with van der Waals surface area (Å²) in [6, 6.07) is 13.7. The minimum Gasteiger partial charge on any atom is -0.442 e. The maximum Gasteiger partial charge on any atom is 0.435 e. The molecule has 0 saturated heterocycles. The number of nitrogens with one attached hydrogen (secondary N) is 2. The van der Waals surface area contributed by atoms with Gasteiger partial charge in [0.15, 0.2) is 5.82 Å². The molecule has 0 aliphatic carbocycles. The van der Waals surface area contributed by atoms with Gasteiger partial charge in [0.1, 0.15) is 5.60 Å². The number of aromatic nitrogens is 2. The summed E-state index contributed by atoms with van der Waals surface area (Å²) < 4.78 is 33.6. The van der Waals surface area contributed by atoms with Crippen molar-refractivity contribution < 1.29 is 22.7 Å². The Hall–Kier alpha value is -3.11. The number of ether oxygens (including phenoxy) is 1. The average molecular weight is 507 g/mol. The molecule has 0 fully saturated rings. The Kier molecular flexibility index (Phi) is 7.83. The smallest absolute Gasteiger partial charge is 0.435 e. The van der Waals surface area contributed by atoms with Gasteiger partial charge in [0, 0.05) is 17.0 Å². The van der Waals surface area contributed by atoms with Gasteiger partial charge in [0.05, 0.1) is 17.7 Å². The van der Waals surface area contributed by atoms with Crippen LogP contribution in [0.3, 0.4) is 0 Å². The van der Waals surface area contributed by atoms with Crippen LogP contribution in [0.5, 0.6) is 0 Å². The maximum atomic E-state index is 12.7. The van der Waals surface area contributed by atoms with E-state index in [1.165, 1.54) is 12.1 Å². The van der Waals surface area contributed by atoms with Crippen LogP contribution in [-0.2, 0) is 26.0 Å². The van der Waals surface area contributed by atoms with Crippen molar-refractivity contribution in [2.24, 2.45) is 0 Å². The highest BCUT2D eigenvalue weighted by atomic mass is 35.5. The lowest BCUT2D eigenvalue weighted by atomic mass is 10.1. The lowest BCUT2D eigenvalue weighted by Crippen LogP contribution is -2.27. The van der Waals surface area contributed by atoms with E-state index >= 15 is 0 Å². The first-order valence-electron chi connectivity index (χ1n) is 10.6. The van der Waals surface area contributed by atoms with E-state index in [4.69, 9.17) is 16.3 Å². The largest absolute Gasteiger partial charge is 0.442 e. The zero-order chi connectivity index (χ0) is 24.9. The normalized spacial score (nSPS) is 11.9. The highest BCUT2D eigenvalue weighted by molar-refractivity contribution is 7.92. The predicted molar refractivity (Wildman–Crippen MR) is 133 cm³/mol. The van der Waals surface area contributed by atoms with Crippen molar-refractivity contribution in [3.05, 3.63) is 54.1 Å². The maximum absolute atomic E-state index is 12.7. The van der Waals surface area contributed by atoms with Gasteiger partial charge in [0.2, 0.25) is 15.9 Å². The molecule has 182 valence electrons. The third-order valence-corrected chi connectivity index (χ3v) is 6.17. The fourth-order valence-electron chi connectivity index (χ4n) is 3.15. The number of fused-ring (bicyclic) bond motifs is 1. The highest BCUT2D eigenvalue weighted by Gasteiger charge is 2.23. The minimum absolute atomic E-state index is 0.104. The first-order valence-corrected chi connectivity index (χ1v) is 12.8. The van der Waals surface area contributed by atoms with Crippen LogP contribution >= 0.6 is 11.6 Å². The van der Waals surface area contributed by atoms with E-state index in [0.29, 0.717) is 17.3 Å². The summed E-state index contributed by atoms with van der Waals surface area (Å²) in [6.07, 6.45) is -0.320. The second kappa shape index (κ2) is 10.4. The molecule has 1 amide bonds. The fourth-order valence-corrected chi connectivity index (χ4v) is 4.56. The lowest BCUT2D eigenvalue weighted by Gasteiger charge is -2.19. The number of rotatable bonds is 8. The zero-order valence-corrected chi connectivity index (χ0v) is 20.7. The minimum atomic E-state index is -3.62. The summed E-state index contributed by atoms with van der Waals surface area (Å²) in [7, 11) is -3.62. The monoisotopic (exact) mass is 506 g/mol. The summed E-state index contributed by atoms with van der Waals surface area (Å²) in [5.41, 5.74) is 0.672. The van der Waals surface area contributed by atoms with Gasteiger partial charge in [-0.25, -0.2) is 13.2 Å². The molecule has 34 heavy (non-hydrogen) atoms. The number of amides is 1. The summed E-state index contributed by atoms with van der Waals surface area (Å²) in [5, 5.41) is 7.36. The van der Waals surface area contributed by atoms with Gasteiger partial charge in [-0.15, -0.1) is 16.7 Å². The molecule has 0 aliphatic heterocycles. The highest BCUT2D eigenvalue weighted by Crippen LogP contribution is 2.28. The van der Waals surface area contributed by atoms with E-state index in [2.05, 4.69) is 15.1 Å². The van der Waals surface area contributed by atoms with Gasteiger partial charge in [-0.2, -0.15) is 4.68 Å². The Morgan fingerprint density at radius 1 is 1.12 bits per heavy atom. The third-order valence-electron chi connectivity index (χ3n) is 4.53. The van der Waals surface area contributed by atoms with Crippen molar-refractivity contribution in [2.75, 3.05) is 21.7 Å². The molecule has 0 saturated carbocycles. The molecule has 0 bridgehead atoms. The fraction of sp³-hybridized carbons (Fsp3) is 0.348. The molecule has 2 aromatic carbocycles. The quantitative estimate of drug-likeness (QED) is 0.438. The summed E-state index contributed by atoms with van der Waals surface area (Å²) >= 11 is 5.61. The SMILES string of the molecule is CC(C)(C)OC(=O)n1nc(NC(=O)Cc2ccccc2)c2cc(NS(=O)(=O)CCCCl)ccc21. The van der Waals surface area contributed by atoms with Crippen LogP contribution in [0.4, 0.5) is 16.3 Å². The van der Waals surface area contributed by atoms with E-state index in [0.717, 1.165) is 10.2 Å². The summed E-state index contributed by atoms with van der Waals surface area (Å²) in [6.45, 7) is 5.19. The van der Waals surface area contributed by atoms with Gasteiger partial charge in [0.25, 0.3) is 0 Å². The molecule has 2 N–H and O–H groups in total. The Morgan fingerprint density at radius 3 is 2.47 bits per heavy atom. The Morgan fingerprint density at radius 2 is 1.82 bits per heavy atom. The van der Waals surface area contributed by atoms with E-state index < -0.39 is 21.7 Å². The number of benzene rings is 2. The predicted octanol–water partition coefficient (Wildman–Crippen LogP) is 4.37. The van der Waals surface area contributed by atoms with Crippen molar-refractivity contribution >= 4 is 56.0 Å².